The van der Waals surface area contributed by atoms with Crippen molar-refractivity contribution in [1.82, 2.24) is 4.57 Å². The van der Waals surface area contributed by atoms with Gasteiger partial charge in [0.25, 0.3) is 0 Å². The molecule has 0 spiro atoms. The first-order valence-electron chi connectivity index (χ1n) is 5.72. The van der Waals surface area contributed by atoms with E-state index in [1.807, 2.05) is 0 Å². The maximum absolute atomic E-state index is 2.51. The van der Waals surface area contributed by atoms with Crippen LogP contribution in [0.3, 0.4) is 0 Å². The van der Waals surface area contributed by atoms with Crippen molar-refractivity contribution in [2.24, 2.45) is 13.0 Å². The number of hydrogen-bond donors (Lipinski definition) is 1. The van der Waals surface area contributed by atoms with E-state index in [2.05, 4.69) is 42.2 Å². The van der Waals surface area contributed by atoms with E-state index in [1.165, 1.54) is 31.5 Å². The van der Waals surface area contributed by atoms with Crippen LogP contribution in [0.1, 0.15) is 37.9 Å². The SMILES string of the molecule is C[C@H]1CC[NH2+][C@H](c2cccn2C)CC1. The van der Waals surface area contributed by atoms with Gasteiger partial charge in [0.1, 0.15) is 6.04 Å². The van der Waals surface area contributed by atoms with Gasteiger partial charge in [0, 0.05) is 19.7 Å². The Hall–Kier alpha value is -0.760. The molecule has 2 N–H and O–H groups in total. The smallest absolute Gasteiger partial charge is 0.127 e. The average Bonchev–Trinajstić information content (AvgIpc) is 2.46. The summed E-state index contributed by atoms with van der Waals surface area (Å²) in [7, 11) is 2.15. The molecule has 14 heavy (non-hydrogen) atoms. The van der Waals surface area contributed by atoms with Crippen LogP contribution in [0.25, 0.3) is 0 Å². The molecule has 2 nitrogen and oxygen atoms in total. The molecule has 0 aromatic carbocycles. The molecule has 1 aromatic heterocycles. The molecule has 0 radical (unpaired) electrons. The number of aryl methyl sites for hydroxylation is 1. The molecule has 2 atom stereocenters. The number of nitrogens with two attached hydrogens (primary N) is 1. The minimum Gasteiger partial charge on any atom is -0.350 e. The Morgan fingerprint density at radius 2 is 2.21 bits per heavy atom. The van der Waals surface area contributed by atoms with E-state index in [9.17, 15) is 0 Å². The van der Waals surface area contributed by atoms with Gasteiger partial charge in [0.2, 0.25) is 0 Å². The second kappa shape index (κ2) is 4.18. The first kappa shape index (κ1) is 9.78. The highest BCUT2D eigenvalue weighted by atomic mass is 15.0. The van der Waals surface area contributed by atoms with Gasteiger partial charge in [-0.25, -0.2) is 0 Å². The van der Waals surface area contributed by atoms with Crippen LogP contribution in [-0.2, 0) is 7.05 Å². The van der Waals surface area contributed by atoms with Crippen molar-refractivity contribution >= 4 is 0 Å². The van der Waals surface area contributed by atoms with Crippen molar-refractivity contribution in [3.63, 3.8) is 0 Å². The fraction of sp³-hybridized carbons (Fsp3) is 0.667. The van der Waals surface area contributed by atoms with Crippen LogP contribution in [-0.4, -0.2) is 11.1 Å². The van der Waals surface area contributed by atoms with Gasteiger partial charge in [-0.15, -0.1) is 0 Å². The maximum atomic E-state index is 2.51. The number of quaternary nitrogens is 1. The second-order valence-electron chi connectivity index (χ2n) is 4.65. The highest BCUT2D eigenvalue weighted by Gasteiger charge is 2.21. The summed E-state index contributed by atoms with van der Waals surface area (Å²) >= 11 is 0. The average molecular weight is 193 g/mol. The third-order valence-electron chi connectivity index (χ3n) is 3.44. The molecule has 2 heteroatoms. The summed E-state index contributed by atoms with van der Waals surface area (Å²) in [6.07, 6.45) is 6.24. The molecule has 1 saturated heterocycles. The number of nitrogens with zero attached hydrogens (tertiary/aromatic N) is 1. The molecular weight excluding hydrogens is 172 g/mol. The summed E-state index contributed by atoms with van der Waals surface area (Å²) < 4.78 is 2.26. The summed E-state index contributed by atoms with van der Waals surface area (Å²) in [5, 5.41) is 2.51. The van der Waals surface area contributed by atoms with Gasteiger partial charge in [-0.05, 0) is 30.9 Å². The molecule has 1 aliphatic heterocycles. The minimum atomic E-state index is 0.694. The summed E-state index contributed by atoms with van der Waals surface area (Å²) in [5.41, 5.74) is 1.49. The number of hydrogen-bond acceptors (Lipinski definition) is 0. The molecule has 2 heterocycles. The van der Waals surface area contributed by atoms with Gasteiger partial charge in [0.05, 0.1) is 12.2 Å². The summed E-state index contributed by atoms with van der Waals surface area (Å²) in [6.45, 7) is 3.66. The number of aromatic nitrogens is 1. The van der Waals surface area contributed by atoms with E-state index in [0.29, 0.717) is 6.04 Å². The van der Waals surface area contributed by atoms with Crippen molar-refractivity contribution in [3.8, 4) is 0 Å². The van der Waals surface area contributed by atoms with Crippen LogP contribution in [0.2, 0.25) is 0 Å². The molecule has 1 aliphatic rings. The molecule has 0 saturated carbocycles. The molecule has 1 fully saturated rings. The lowest BCUT2D eigenvalue weighted by atomic mass is 10.0. The van der Waals surface area contributed by atoms with Gasteiger partial charge in [0.15, 0.2) is 0 Å². The zero-order valence-electron chi connectivity index (χ0n) is 9.24. The predicted molar refractivity (Wildman–Crippen MR) is 58.0 cm³/mol. The van der Waals surface area contributed by atoms with Gasteiger partial charge in [-0.2, -0.15) is 0 Å². The van der Waals surface area contributed by atoms with Crippen LogP contribution < -0.4 is 5.32 Å². The van der Waals surface area contributed by atoms with Gasteiger partial charge >= 0.3 is 0 Å². The number of rotatable bonds is 1. The Morgan fingerprint density at radius 3 is 2.93 bits per heavy atom. The molecule has 2 rings (SSSR count). The third kappa shape index (κ3) is 2.01. The van der Waals surface area contributed by atoms with Gasteiger partial charge < -0.3 is 9.88 Å². The molecule has 0 bridgehead atoms. The van der Waals surface area contributed by atoms with E-state index in [0.717, 1.165) is 5.92 Å². The first-order chi connectivity index (χ1) is 6.77. The van der Waals surface area contributed by atoms with Crippen LogP contribution in [0.15, 0.2) is 18.3 Å². The Morgan fingerprint density at radius 1 is 1.36 bits per heavy atom. The van der Waals surface area contributed by atoms with E-state index < -0.39 is 0 Å². The van der Waals surface area contributed by atoms with Crippen LogP contribution in [0, 0.1) is 5.92 Å². The van der Waals surface area contributed by atoms with E-state index in [-0.39, 0.29) is 0 Å². The van der Waals surface area contributed by atoms with E-state index in [1.54, 1.807) is 0 Å². The second-order valence-corrected chi connectivity index (χ2v) is 4.65. The summed E-state index contributed by atoms with van der Waals surface area (Å²) in [6, 6.07) is 5.11. The monoisotopic (exact) mass is 193 g/mol. The van der Waals surface area contributed by atoms with Crippen molar-refractivity contribution in [2.45, 2.75) is 32.2 Å². The van der Waals surface area contributed by atoms with Crippen LogP contribution in [0.5, 0.6) is 0 Å². The summed E-state index contributed by atoms with van der Waals surface area (Å²) in [5.74, 6) is 0.913. The fourth-order valence-corrected chi connectivity index (χ4v) is 2.44. The largest absolute Gasteiger partial charge is 0.350 e. The molecule has 0 aliphatic carbocycles. The van der Waals surface area contributed by atoms with E-state index >= 15 is 0 Å². The van der Waals surface area contributed by atoms with E-state index in [4.69, 9.17) is 0 Å². The third-order valence-corrected chi connectivity index (χ3v) is 3.44. The molecular formula is C12H21N2+. The van der Waals surface area contributed by atoms with Gasteiger partial charge in [-0.1, -0.05) is 6.92 Å². The lowest BCUT2D eigenvalue weighted by Crippen LogP contribution is -2.85. The lowest BCUT2D eigenvalue weighted by Gasteiger charge is -2.13. The fourth-order valence-electron chi connectivity index (χ4n) is 2.44. The Labute approximate surface area is 86.3 Å². The van der Waals surface area contributed by atoms with Crippen molar-refractivity contribution in [2.75, 3.05) is 6.54 Å². The Bertz CT molecular complexity index is 290. The minimum absolute atomic E-state index is 0.694. The molecule has 78 valence electrons. The van der Waals surface area contributed by atoms with Crippen molar-refractivity contribution in [3.05, 3.63) is 24.0 Å². The maximum Gasteiger partial charge on any atom is 0.127 e. The predicted octanol–water partition coefficient (Wildman–Crippen LogP) is 1.45. The van der Waals surface area contributed by atoms with Crippen molar-refractivity contribution < 1.29 is 5.32 Å². The highest BCUT2D eigenvalue weighted by Crippen LogP contribution is 2.21. The van der Waals surface area contributed by atoms with Crippen LogP contribution >= 0.6 is 0 Å². The zero-order valence-corrected chi connectivity index (χ0v) is 9.24. The Kier molecular flexibility index (Phi) is 2.92. The summed E-state index contributed by atoms with van der Waals surface area (Å²) in [4.78, 5) is 0. The zero-order chi connectivity index (χ0) is 9.97. The standard InChI is InChI=1S/C12H20N2/c1-10-5-6-11(13-8-7-10)12-4-3-9-14(12)2/h3-4,9-11,13H,5-8H2,1-2H3/p+1/t10-,11+/m1/s1. The first-order valence-corrected chi connectivity index (χ1v) is 5.72. The molecule has 0 amide bonds. The quantitative estimate of drug-likeness (QED) is 0.697. The van der Waals surface area contributed by atoms with Gasteiger partial charge in [-0.3, -0.25) is 0 Å². The topological polar surface area (TPSA) is 21.5 Å². The molecule has 1 aromatic rings. The Balaban J connectivity index is 2.08. The molecule has 0 unspecified atom stereocenters. The highest BCUT2D eigenvalue weighted by molar-refractivity contribution is 5.09. The normalized spacial score (nSPS) is 28.7. The lowest BCUT2D eigenvalue weighted by molar-refractivity contribution is -0.695. The van der Waals surface area contributed by atoms with Crippen molar-refractivity contribution in [1.29, 1.82) is 0 Å². The van der Waals surface area contributed by atoms with Crippen LogP contribution in [0.4, 0.5) is 0 Å².